The van der Waals surface area contributed by atoms with E-state index in [4.69, 9.17) is 5.11 Å². The van der Waals surface area contributed by atoms with E-state index in [9.17, 15) is 9.90 Å². The summed E-state index contributed by atoms with van der Waals surface area (Å²) in [7, 11) is 0. The molecule has 1 aromatic carbocycles. The topological polar surface area (TPSA) is 57.5 Å². The molecule has 1 fully saturated rings. The number of carbonyl (C=O) groups is 1. The van der Waals surface area contributed by atoms with Gasteiger partial charge in [-0.2, -0.15) is 0 Å². The van der Waals surface area contributed by atoms with E-state index in [2.05, 4.69) is 0 Å². The molecule has 0 radical (unpaired) electrons. The minimum absolute atomic E-state index is 0.0329. The van der Waals surface area contributed by atoms with E-state index in [1.807, 2.05) is 18.2 Å². The van der Waals surface area contributed by atoms with Crippen LogP contribution in [-0.2, 0) is 17.6 Å². The van der Waals surface area contributed by atoms with Gasteiger partial charge in [0.05, 0.1) is 12.2 Å². The summed E-state index contributed by atoms with van der Waals surface area (Å²) < 4.78 is 0. The Morgan fingerprint density at radius 1 is 1.12 bits per heavy atom. The number of carboxylic acid groups (broad SMARTS) is 1. The Labute approximate surface area is 94.0 Å². The van der Waals surface area contributed by atoms with Crippen LogP contribution in [0.5, 0.6) is 0 Å². The number of hydrogen-bond acceptors (Lipinski definition) is 2. The van der Waals surface area contributed by atoms with E-state index in [0.717, 1.165) is 29.5 Å². The molecule has 2 N–H and O–H groups in total. The van der Waals surface area contributed by atoms with E-state index in [0.29, 0.717) is 12.2 Å². The third-order valence-electron chi connectivity index (χ3n) is 2.63. The van der Waals surface area contributed by atoms with Crippen LogP contribution >= 0.6 is 0 Å². The number of aliphatic hydroxyl groups is 1. The second kappa shape index (κ2) is 4.39. The van der Waals surface area contributed by atoms with E-state index < -0.39 is 5.97 Å². The van der Waals surface area contributed by atoms with Gasteiger partial charge in [-0.3, -0.25) is 4.79 Å². The summed E-state index contributed by atoms with van der Waals surface area (Å²) in [6.45, 7) is 0. The molecule has 0 unspecified atom stereocenters. The number of aliphatic carboxylic acids is 1. The van der Waals surface area contributed by atoms with Crippen LogP contribution in [0.25, 0.3) is 0 Å². The lowest BCUT2D eigenvalue weighted by Crippen LogP contribution is -2.00. The summed E-state index contributed by atoms with van der Waals surface area (Å²) in [6, 6.07) is 7.37. The molecule has 0 bridgehead atoms. The lowest BCUT2D eigenvalue weighted by Gasteiger charge is -2.03. The molecule has 0 heterocycles. The van der Waals surface area contributed by atoms with Crippen LogP contribution in [0.4, 0.5) is 0 Å². The van der Waals surface area contributed by atoms with E-state index in [1.54, 1.807) is 6.07 Å². The Morgan fingerprint density at radius 3 is 2.31 bits per heavy atom. The quantitative estimate of drug-likeness (QED) is 0.763. The number of benzene rings is 1. The smallest absolute Gasteiger partial charge is 0.307 e. The van der Waals surface area contributed by atoms with Crippen molar-refractivity contribution in [2.75, 3.05) is 0 Å². The maximum atomic E-state index is 10.6. The Kier molecular flexibility index (Phi) is 2.95. The zero-order chi connectivity index (χ0) is 11.5. The Hall–Kier alpha value is -1.77. The SMILES string of the molecule is O=C(O)Cc1cccc(CC(O)=C2CC2)c1. The maximum Gasteiger partial charge on any atom is 0.307 e. The first-order valence-corrected chi connectivity index (χ1v) is 5.34. The van der Waals surface area contributed by atoms with Crippen LogP contribution in [0.1, 0.15) is 24.0 Å². The van der Waals surface area contributed by atoms with Gasteiger partial charge in [0.2, 0.25) is 0 Å². The minimum Gasteiger partial charge on any atom is -0.512 e. The molecule has 16 heavy (non-hydrogen) atoms. The molecule has 0 spiro atoms. The van der Waals surface area contributed by atoms with Crippen molar-refractivity contribution in [1.29, 1.82) is 0 Å². The molecule has 1 aliphatic rings. The molecule has 0 aliphatic heterocycles. The summed E-state index contributed by atoms with van der Waals surface area (Å²) in [4.78, 5) is 10.6. The first-order chi connectivity index (χ1) is 7.65. The summed E-state index contributed by atoms with van der Waals surface area (Å²) in [5, 5.41) is 18.4. The Morgan fingerprint density at radius 2 is 1.75 bits per heavy atom. The lowest BCUT2D eigenvalue weighted by atomic mass is 10.0. The molecule has 1 aliphatic carbocycles. The van der Waals surface area contributed by atoms with Crippen molar-refractivity contribution in [3.63, 3.8) is 0 Å². The highest BCUT2D eigenvalue weighted by Gasteiger charge is 2.17. The van der Waals surface area contributed by atoms with Crippen molar-refractivity contribution in [3.8, 4) is 0 Å². The van der Waals surface area contributed by atoms with Crippen LogP contribution in [0, 0.1) is 0 Å². The second-order valence-corrected chi connectivity index (χ2v) is 4.12. The summed E-state index contributed by atoms with van der Waals surface area (Å²) >= 11 is 0. The molecule has 2 rings (SSSR count). The van der Waals surface area contributed by atoms with E-state index in [-0.39, 0.29) is 6.42 Å². The van der Waals surface area contributed by atoms with Crippen LogP contribution in [-0.4, -0.2) is 16.2 Å². The fourth-order valence-electron chi connectivity index (χ4n) is 1.69. The zero-order valence-electron chi connectivity index (χ0n) is 8.94. The molecule has 0 aromatic heterocycles. The molecule has 1 saturated carbocycles. The monoisotopic (exact) mass is 218 g/mol. The van der Waals surface area contributed by atoms with Gasteiger partial charge in [-0.05, 0) is 29.5 Å². The number of aliphatic hydroxyl groups excluding tert-OH is 1. The van der Waals surface area contributed by atoms with Crippen molar-refractivity contribution >= 4 is 5.97 Å². The lowest BCUT2D eigenvalue weighted by molar-refractivity contribution is -0.136. The summed E-state index contributed by atoms with van der Waals surface area (Å²) in [5.74, 6) is -0.380. The molecule has 0 atom stereocenters. The van der Waals surface area contributed by atoms with Crippen molar-refractivity contribution in [2.24, 2.45) is 0 Å². The highest BCUT2D eigenvalue weighted by Crippen LogP contribution is 2.31. The van der Waals surface area contributed by atoms with E-state index >= 15 is 0 Å². The maximum absolute atomic E-state index is 10.6. The molecular formula is C13H14O3. The normalized spacial score (nSPS) is 13.6. The van der Waals surface area contributed by atoms with Gasteiger partial charge in [-0.25, -0.2) is 0 Å². The van der Waals surface area contributed by atoms with Crippen LogP contribution < -0.4 is 0 Å². The fourth-order valence-corrected chi connectivity index (χ4v) is 1.69. The highest BCUT2D eigenvalue weighted by molar-refractivity contribution is 5.70. The predicted octanol–water partition coefficient (Wildman–Crippen LogP) is 2.46. The van der Waals surface area contributed by atoms with Crippen molar-refractivity contribution in [1.82, 2.24) is 0 Å². The van der Waals surface area contributed by atoms with Gasteiger partial charge in [-0.1, -0.05) is 24.3 Å². The molecular weight excluding hydrogens is 204 g/mol. The summed E-state index contributed by atoms with van der Waals surface area (Å²) in [6.07, 6.45) is 2.55. The number of hydrogen-bond donors (Lipinski definition) is 2. The summed E-state index contributed by atoms with van der Waals surface area (Å²) in [5.41, 5.74) is 2.87. The van der Waals surface area contributed by atoms with Crippen LogP contribution in [0.3, 0.4) is 0 Å². The first kappa shape index (κ1) is 10.7. The van der Waals surface area contributed by atoms with Crippen molar-refractivity contribution in [3.05, 3.63) is 46.7 Å². The zero-order valence-corrected chi connectivity index (χ0v) is 8.94. The fraction of sp³-hybridized carbons (Fsp3) is 0.308. The Bertz CT molecular complexity index is 440. The van der Waals surface area contributed by atoms with Gasteiger partial charge in [0.25, 0.3) is 0 Å². The molecule has 1 aromatic rings. The minimum atomic E-state index is -0.832. The average molecular weight is 218 g/mol. The van der Waals surface area contributed by atoms with Crippen molar-refractivity contribution < 1.29 is 15.0 Å². The molecule has 84 valence electrons. The standard InChI is InChI=1S/C13H14O3/c14-12(11-4-5-11)7-9-2-1-3-10(6-9)8-13(15)16/h1-3,6,14H,4-5,7-8H2,(H,15,16). The third kappa shape index (κ3) is 2.86. The Balaban J connectivity index is 2.09. The average Bonchev–Trinajstić information content (AvgIpc) is 2.99. The van der Waals surface area contributed by atoms with Gasteiger partial charge in [0.1, 0.15) is 0 Å². The number of rotatable bonds is 4. The van der Waals surface area contributed by atoms with Gasteiger partial charge >= 0.3 is 5.97 Å². The first-order valence-electron chi connectivity index (χ1n) is 5.34. The van der Waals surface area contributed by atoms with E-state index in [1.165, 1.54) is 0 Å². The van der Waals surface area contributed by atoms with Crippen LogP contribution in [0.15, 0.2) is 35.6 Å². The number of allylic oxidation sites excluding steroid dienone is 2. The predicted molar refractivity (Wildman–Crippen MR) is 60.4 cm³/mol. The van der Waals surface area contributed by atoms with Gasteiger partial charge in [0.15, 0.2) is 0 Å². The van der Waals surface area contributed by atoms with Gasteiger partial charge in [0, 0.05) is 6.42 Å². The van der Waals surface area contributed by atoms with Crippen LogP contribution in [0.2, 0.25) is 0 Å². The largest absolute Gasteiger partial charge is 0.512 e. The molecule has 3 heteroatoms. The van der Waals surface area contributed by atoms with Crippen molar-refractivity contribution in [2.45, 2.75) is 25.7 Å². The molecule has 0 saturated heterocycles. The van der Waals surface area contributed by atoms with Gasteiger partial charge < -0.3 is 10.2 Å². The highest BCUT2D eigenvalue weighted by atomic mass is 16.4. The number of carboxylic acids is 1. The van der Waals surface area contributed by atoms with Gasteiger partial charge in [-0.15, -0.1) is 0 Å². The second-order valence-electron chi connectivity index (χ2n) is 4.12. The third-order valence-corrected chi connectivity index (χ3v) is 2.63. The molecule has 0 amide bonds. The molecule has 3 nitrogen and oxygen atoms in total.